The van der Waals surface area contributed by atoms with Crippen molar-refractivity contribution in [3.63, 3.8) is 0 Å². The van der Waals surface area contributed by atoms with Crippen LogP contribution in [0.25, 0.3) is 21.3 Å². The second-order valence-corrected chi connectivity index (χ2v) is 18.0. The second kappa shape index (κ2) is 10.7. The highest BCUT2D eigenvalue weighted by atomic mass is 32.2. The molecule has 3 saturated carbocycles. The van der Waals surface area contributed by atoms with Crippen LogP contribution >= 0.6 is 23.1 Å². The SMILES string of the molecule is C[C@]12CC[C@H]3[C@]4(C=C[C@@]5(C=C4C(=O)c4ccccc4-c4ccccc4)CC(O)CC[C@]35C)[C@@H]1CC[C@@]2(O)CSc1nc2ccccc2s1. The number of thioether (sulfide) groups is 1. The molecule has 6 aliphatic rings. The first-order chi connectivity index (χ1) is 23.1. The summed E-state index contributed by atoms with van der Waals surface area (Å²) in [6.45, 7) is 4.77. The Kier molecular flexibility index (Phi) is 6.93. The van der Waals surface area contributed by atoms with Gasteiger partial charge < -0.3 is 10.2 Å². The van der Waals surface area contributed by atoms with E-state index in [-0.39, 0.29) is 40.0 Å². The number of hydrogen-bond acceptors (Lipinski definition) is 6. The first kappa shape index (κ1) is 31.0. The number of rotatable bonds is 6. The number of hydrogen-bond donors (Lipinski definition) is 2. The summed E-state index contributed by atoms with van der Waals surface area (Å²) in [7, 11) is 0. The van der Waals surface area contributed by atoms with Crippen molar-refractivity contribution in [2.45, 2.75) is 74.8 Å². The Morgan fingerprint density at radius 1 is 0.875 bits per heavy atom. The minimum atomic E-state index is -0.875. The van der Waals surface area contributed by atoms with E-state index in [1.165, 1.54) is 4.70 Å². The zero-order valence-electron chi connectivity index (χ0n) is 27.7. The van der Waals surface area contributed by atoms with Gasteiger partial charge in [0, 0.05) is 33.1 Å². The van der Waals surface area contributed by atoms with Gasteiger partial charge >= 0.3 is 0 Å². The number of Topliss-reactive ketones (excluding diaryl/α,β-unsaturated/α-hetero) is 1. The Hall–Kier alpha value is -3.03. The van der Waals surface area contributed by atoms with Gasteiger partial charge in [-0.3, -0.25) is 4.79 Å². The first-order valence-corrected chi connectivity index (χ1v) is 19.4. The predicted octanol–water partition coefficient (Wildman–Crippen LogP) is 9.53. The molecule has 10 rings (SSSR count). The zero-order chi connectivity index (χ0) is 32.9. The summed E-state index contributed by atoms with van der Waals surface area (Å²) < 4.78 is 2.18. The van der Waals surface area contributed by atoms with Crippen LogP contribution in [0.5, 0.6) is 0 Å². The maximum Gasteiger partial charge on any atom is 0.190 e. The van der Waals surface area contributed by atoms with Crippen LogP contribution in [-0.4, -0.2) is 38.4 Å². The minimum absolute atomic E-state index is 0.0541. The normalized spacial score (nSPS) is 37.9. The molecule has 3 fully saturated rings. The van der Waals surface area contributed by atoms with E-state index in [0.717, 1.165) is 70.6 Å². The molecule has 246 valence electrons. The van der Waals surface area contributed by atoms with Gasteiger partial charge in [0.25, 0.3) is 0 Å². The molecule has 3 aromatic carbocycles. The lowest BCUT2D eigenvalue weighted by Crippen LogP contribution is -2.67. The molecule has 2 bridgehead atoms. The number of aromatic nitrogens is 1. The highest BCUT2D eigenvalue weighted by Crippen LogP contribution is 2.78. The quantitative estimate of drug-likeness (QED) is 0.121. The van der Waals surface area contributed by atoms with Crippen molar-refractivity contribution in [1.29, 1.82) is 0 Å². The summed E-state index contributed by atoms with van der Waals surface area (Å²) in [5.41, 5.74) is 2.54. The molecule has 2 spiro atoms. The number of para-hydroxylation sites is 1. The Morgan fingerprint density at radius 2 is 1.58 bits per heavy atom. The van der Waals surface area contributed by atoms with Crippen molar-refractivity contribution >= 4 is 39.1 Å². The van der Waals surface area contributed by atoms with Gasteiger partial charge in [0.1, 0.15) is 0 Å². The van der Waals surface area contributed by atoms with Crippen LogP contribution in [0.3, 0.4) is 0 Å². The molecular weight excluding hydrogens is 631 g/mol. The minimum Gasteiger partial charge on any atom is -0.393 e. The van der Waals surface area contributed by atoms with Gasteiger partial charge in [0.05, 0.1) is 21.9 Å². The van der Waals surface area contributed by atoms with E-state index < -0.39 is 11.0 Å². The van der Waals surface area contributed by atoms with E-state index in [1.54, 1.807) is 23.1 Å². The number of allylic oxidation sites excluding steroid dienone is 4. The average molecular weight is 674 g/mol. The van der Waals surface area contributed by atoms with E-state index >= 15 is 4.79 Å². The lowest BCUT2D eigenvalue weighted by atomic mass is 9.32. The topological polar surface area (TPSA) is 70.4 Å². The predicted molar refractivity (Wildman–Crippen MR) is 195 cm³/mol. The van der Waals surface area contributed by atoms with E-state index in [9.17, 15) is 10.2 Å². The summed E-state index contributed by atoms with van der Waals surface area (Å²) in [6, 6.07) is 26.6. The number of ketones is 1. The number of carbonyl (C=O) groups is 1. The van der Waals surface area contributed by atoms with Crippen molar-refractivity contribution in [3.05, 3.63) is 108 Å². The molecule has 1 heterocycles. The number of carbonyl (C=O) groups excluding carboxylic acids is 1. The van der Waals surface area contributed by atoms with E-state index in [2.05, 4.69) is 68.5 Å². The van der Waals surface area contributed by atoms with Crippen LogP contribution in [0.2, 0.25) is 0 Å². The Morgan fingerprint density at radius 3 is 2.42 bits per heavy atom. The van der Waals surface area contributed by atoms with Crippen LogP contribution in [-0.2, 0) is 0 Å². The van der Waals surface area contributed by atoms with Gasteiger partial charge in [-0.1, -0.05) is 111 Å². The van der Waals surface area contributed by atoms with Crippen molar-refractivity contribution in [1.82, 2.24) is 4.98 Å². The summed E-state index contributed by atoms with van der Waals surface area (Å²) >= 11 is 3.40. The van der Waals surface area contributed by atoms with E-state index in [0.29, 0.717) is 12.2 Å². The van der Waals surface area contributed by atoms with Gasteiger partial charge in [0.2, 0.25) is 0 Å². The molecular formula is C42H43NO3S2. The number of fused-ring (bicyclic) bond motifs is 2. The summed E-state index contributed by atoms with van der Waals surface area (Å²) in [5.74, 6) is 1.10. The summed E-state index contributed by atoms with van der Waals surface area (Å²) in [4.78, 5) is 20.2. The van der Waals surface area contributed by atoms with Crippen LogP contribution in [0, 0.1) is 33.5 Å². The van der Waals surface area contributed by atoms with Crippen molar-refractivity contribution in [2.75, 3.05) is 5.75 Å². The third-order valence-electron chi connectivity index (χ3n) is 13.9. The third-order valence-corrected chi connectivity index (χ3v) is 16.3. The van der Waals surface area contributed by atoms with Crippen LogP contribution in [0.4, 0.5) is 0 Å². The second-order valence-electron chi connectivity index (χ2n) is 15.8. The number of aliphatic hydroxyl groups excluding tert-OH is 1. The fourth-order valence-electron chi connectivity index (χ4n) is 11.4. The Bertz CT molecular complexity index is 1970. The molecule has 48 heavy (non-hydrogen) atoms. The van der Waals surface area contributed by atoms with E-state index in [4.69, 9.17) is 4.98 Å². The van der Waals surface area contributed by atoms with Crippen molar-refractivity contribution in [2.24, 2.45) is 33.5 Å². The molecule has 8 atom stereocenters. The Balaban J connectivity index is 1.15. The zero-order valence-corrected chi connectivity index (χ0v) is 29.3. The largest absolute Gasteiger partial charge is 0.393 e. The number of aliphatic hydroxyl groups is 2. The molecule has 4 nitrogen and oxygen atoms in total. The standard InChI is InChI=1S/C42H43NO3S2/c1-38-19-16-28(44)24-40(38)22-23-42(31(25-40)36(45)30-13-7-6-12-29(30)27-10-4-3-5-11-27)34(38)17-20-39(2)35(42)18-21-41(39,46)26-47-37-43-32-14-8-9-15-33(32)48-37/h3-15,22-23,25,28,34-35,44,46H,16-21,24,26H2,1-2H3/t28?,34-,35-,38-,39+,40+,41-,42-/m1/s1. The molecule has 6 heteroatoms. The van der Waals surface area contributed by atoms with Gasteiger partial charge in [-0.2, -0.15) is 0 Å². The Labute approximate surface area is 291 Å². The average Bonchev–Trinajstić information content (AvgIpc) is 3.65. The molecule has 1 aromatic heterocycles. The fourth-order valence-corrected chi connectivity index (χ4v) is 13.7. The maximum atomic E-state index is 15.3. The first-order valence-electron chi connectivity index (χ1n) is 17.6. The molecule has 1 unspecified atom stereocenters. The number of benzene rings is 3. The van der Waals surface area contributed by atoms with Crippen LogP contribution in [0.1, 0.15) is 69.2 Å². The highest BCUT2D eigenvalue weighted by molar-refractivity contribution is 8.01. The molecule has 6 aliphatic carbocycles. The molecule has 0 radical (unpaired) electrons. The van der Waals surface area contributed by atoms with Crippen LogP contribution in [0.15, 0.2) is 107 Å². The third kappa shape index (κ3) is 4.09. The lowest BCUT2D eigenvalue weighted by molar-refractivity contribution is -0.166. The molecule has 0 aliphatic heterocycles. The fraction of sp³-hybridized carbons (Fsp3) is 0.429. The molecule has 4 aromatic rings. The van der Waals surface area contributed by atoms with Crippen molar-refractivity contribution in [3.8, 4) is 11.1 Å². The molecule has 0 amide bonds. The highest BCUT2D eigenvalue weighted by Gasteiger charge is 2.74. The number of thiazole rings is 1. The number of nitrogens with zero attached hydrogens (tertiary/aromatic N) is 1. The monoisotopic (exact) mass is 673 g/mol. The maximum absolute atomic E-state index is 15.3. The van der Waals surface area contributed by atoms with Gasteiger partial charge in [0.15, 0.2) is 10.1 Å². The molecule has 0 saturated heterocycles. The smallest absolute Gasteiger partial charge is 0.190 e. The van der Waals surface area contributed by atoms with E-state index in [1.807, 2.05) is 42.5 Å². The van der Waals surface area contributed by atoms with Gasteiger partial charge in [-0.25, -0.2) is 4.98 Å². The summed E-state index contributed by atoms with van der Waals surface area (Å²) in [6.07, 6.45) is 12.7. The van der Waals surface area contributed by atoms with Gasteiger partial charge in [-0.05, 0) is 85.5 Å². The summed E-state index contributed by atoms with van der Waals surface area (Å²) in [5, 5.41) is 23.8. The molecule has 2 N–H and O–H groups in total. The van der Waals surface area contributed by atoms with Crippen LogP contribution < -0.4 is 0 Å². The lowest BCUT2D eigenvalue weighted by Gasteiger charge is -2.71. The van der Waals surface area contributed by atoms with Gasteiger partial charge in [-0.15, -0.1) is 11.3 Å². The van der Waals surface area contributed by atoms with Crippen molar-refractivity contribution < 1.29 is 15.0 Å².